The number of piperazine rings is 1. The molecule has 0 atom stereocenters. The summed E-state index contributed by atoms with van der Waals surface area (Å²) in [5.41, 5.74) is -0.0288. The third-order valence-electron chi connectivity index (χ3n) is 5.51. The van der Waals surface area contributed by atoms with Crippen molar-refractivity contribution in [3.05, 3.63) is 77.0 Å². The Morgan fingerprint density at radius 2 is 1.58 bits per heavy atom. The van der Waals surface area contributed by atoms with E-state index in [4.69, 9.17) is 4.42 Å². The van der Waals surface area contributed by atoms with Gasteiger partial charge >= 0.3 is 0 Å². The summed E-state index contributed by atoms with van der Waals surface area (Å²) in [5.74, 6) is -0.115. The molecule has 0 unspecified atom stereocenters. The van der Waals surface area contributed by atoms with Gasteiger partial charge in [-0.15, -0.1) is 0 Å². The quantitative estimate of drug-likeness (QED) is 0.646. The van der Waals surface area contributed by atoms with Crippen molar-refractivity contribution in [3.63, 3.8) is 0 Å². The molecule has 8 heteroatoms. The van der Waals surface area contributed by atoms with Crippen molar-refractivity contribution in [2.24, 2.45) is 0 Å². The van der Waals surface area contributed by atoms with Crippen LogP contribution < -0.4 is 5.56 Å². The van der Waals surface area contributed by atoms with Crippen molar-refractivity contribution in [2.75, 3.05) is 26.2 Å². The number of furan rings is 1. The molecule has 1 fully saturated rings. The van der Waals surface area contributed by atoms with Gasteiger partial charge in [0.2, 0.25) is 5.91 Å². The number of aromatic nitrogens is 2. The second kappa shape index (κ2) is 8.22. The van der Waals surface area contributed by atoms with E-state index in [1.807, 2.05) is 30.3 Å². The molecule has 0 bridgehead atoms. The Kier molecular flexibility index (Phi) is 5.46. The summed E-state index contributed by atoms with van der Waals surface area (Å²) < 4.78 is 6.43. The van der Waals surface area contributed by atoms with Crippen LogP contribution in [0.5, 0.6) is 0 Å². The van der Waals surface area contributed by atoms with Crippen LogP contribution in [0.15, 0.2) is 70.1 Å². The highest BCUT2D eigenvalue weighted by molar-refractivity contribution is 5.91. The molecule has 0 saturated carbocycles. The molecular weight excluding hydrogens is 396 g/mol. The van der Waals surface area contributed by atoms with Gasteiger partial charge in [-0.05, 0) is 32.0 Å². The SMILES string of the molecule is CC(C)(C(=O)N1CCN(C(=O)c2ccco2)CC1)n1nc(-c2ccccc2)ccc1=O. The van der Waals surface area contributed by atoms with Gasteiger partial charge in [0, 0.05) is 37.8 Å². The summed E-state index contributed by atoms with van der Waals surface area (Å²) in [5, 5.41) is 4.49. The lowest BCUT2D eigenvalue weighted by Gasteiger charge is -2.38. The maximum atomic E-state index is 13.3. The van der Waals surface area contributed by atoms with Crippen LogP contribution in [0.1, 0.15) is 24.4 Å². The highest BCUT2D eigenvalue weighted by atomic mass is 16.3. The van der Waals surface area contributed by atoms with E-state index in [1.54, 1.807) is 41.8 Å². The number of nitrogens with zero attached hydrogens (tertiary/aromatic N) is 4. The molecule has 3 aromatic rings. The van der Waals surface area contributed by atoms with Crippen molar-refractivity contribution in [1.82, 2.24) is 19.6 Å². The molecule has 0 spiro atoms. The minimum absolute atomic E-state index is 0.190. The third-order valence-corrected chi connectivity index (χ3v) is 5.51. The Morgan fingerprint density at radius 1 is 0.903 bits per heavy atom. The molecule has 1 saturated heterocycles. The number of amides is 2. The minimum atomic E-state index is -1.17. The predicted molar refractivity (Wildman–Crippen MR) is 114 cm³/mol. The van der Waals surface area contributed by atoms with Gasteiger partial charge in [-0.25, -0.2) is 4.68 Å². The third kappa shape index (κ3) is 4.01. The normalized spacial score (nSPS) is 14.5. The highest BCUT2D eigenvalue weighted by Crippen LogP contribution is 2.21. The molecule has 8 nitrogen and oxygen atoms in total. The lowest BCUT2D eigenvalue weighted by atomic mass is 10.0. The number of rotatable bonds is 4. The first-order valence-electron chi connectivity index (χ1n) is 10.2. The zero-order chi connectivity index (χ0) is 22.0. The second-order valence-corrected chi connectivity index (χ2v) is 7.96. The van der Waals surface area contributed by atoms with Crippen LogP contribution in [0.25, 0.3) is 11.3 Å². The number of hydrogen-bond acceptors (Lipinski definition) is 5. The zero-order valence-electron chi connectivity index (χ0n) is 17.5. The summed E-state index contributed by atoms with van der Waals surface area (Å²) in [6, 6.07) is 15.9. The van der Waals surface area contributed by atoms with Gasteiger partial charge in [-0.2, -0.15) is 5.10 Å². The van der Waals surface area contributed by atoms with Crippen LogP contribution in [0.4, 0.5) is 0 Å². The first kappa shape index (κ1) is 20.6. The molecule has 2 amide bonds. The summed E-state index contributed by atoms with van der Waals surface area (Å²) in [6.07, 6.45) is 1.46. The smallest absolute Gasteiger partial charge is 0.289 e. The lowest BCUT2D eigenvalue weighted by molar-refractivity contribution is -0.141. The van der Waals surface area contributed by atoms with Crippen LogP contribution in [-0.4, -0.2) is 57.6 Å². The molecule has 3 heterocycles. The van der Waals surface area contributed by atoms with E-state index >= 15 is 0 Å². The fourth-order valence-corrected chi connectivity index (χ4v) is 3.72. The molecule has 1 aromatic carbocycles. The molecular formula is C23H24N4O4. The maximum absolute atomic E-state index is 13.3. The molecule has 2 aromatic heterocycles. The summed E-state index contributed by atoms with van der Waals surface area (Å²) in [7, 11) is 0. The minimum Gasteiger partial charge on any atom is -0.459 e. The maximum Gasteiger partial charge on any atom is 0.289 e. The molecule has 0 radical (unpaired) electrons. The molecule has 0 N–H and O–H groups in total. The summed E-state index contributed by atoms with van der Waals surface area (Å²) in [6.45, 7) is 4.93. The van der Waals surface area contributed by atoms with E-state index in [9.17, 15) is 14.4 Å². The largest absolute Gasteiger partial charge is 0.459 e. The fraction of sp³-hybridized carbons (Fsp3) is 0.304. The van der Waals surface area contributed by atoms with Crippen LogP contribution in [0.3, 0.4) is 0 Å². The summed E-state index contributed by atoms with van der Waals surface area (Å²) in [4.78, 5) is 41.7. The monoisotopic (exact) mass is 420 g/mol. The van der Waals surface area contributed by atoms with E-state index in [0.29, 0.717) is 31.9 Å². The predicted octanol–water partition coefficient (Wildman–Crippen LogP) is 2.22. The average Bonchev–Trinajstić information content (AvgIpc) is 3.34. The Balaban J connectivity index is 1.51. The van der Waals surface area contributed by atoms with Crippen molar-refractivity contribution in [3.8, 4) is 11.3 Å². The number of benzene rings is 1. The van der Waals surface area contributed by atoms with Crippen molar-refractivity contribution in [1.29, 1.82) is 0 Å². The molecule has 1 aliphatic heterocycles. The fourth-order valence-electron chi connectivity index (χ4n) is 3.72. The number of carbonyl (C=O) groups excluding carboxylic acids is 2. The van der Waals surface area contributed by atoms with Crippen LogP contribution in [0, 0.1) is 0 Å². The first-order chi connectivity index (χ1) is 14.9. The van der Waals surface area contributed by atoms with Gasteiger partial charge in [0.15, 0.2) is 5.76 Å². The molecule has 31 heavy (non-hydrogen) atoms. The standard InChI is InChI=1S/C23H24N4O4/c1-23(2,27-20(28)11-10-18(24-27)17-7-4-3-5-8-17)22(30)26-14-12-25(13-15-26)21(29)19-9-6-16-31-19/h3-11,16H,12-15H2,1-2H3. The Labute approximate surface area is 179 Å². The van der Waals surface area contributed by atoms with Crippen molar-refractivity contribution < 1.29 is 14.0 Å². The van der Waals surface area contributed by atoms with Gasteiger partial charge in [0.25, 0.3) is 11.5 Å². The Morgan fingerprint density at radius 3 is 2.23 bits per heavy atom. The van der Waals surface area contributed by atoms with E-state index in [2.05, 4.69) is 5.10 Å². The molecule has 1 aliphatic rings. The highest BCUT2D eigenvalue weighted by Gasteiger charge is 2.37. The first-order valence-corrected chi connectivity index (χ1v) is 10.2. The van der Waals surface area contributed by atoms with E-state index in [0.717, 1.165) is 5.56 Å². The number of hydrogen-bond donors (Lipinski definition) is 0. The topological polar surface area (TPSA) is 88.7 Å². The summed E-state index contributed by atoms with van der Waals surface area (Å²) >= 11 is 0. The molecule has 4 rings (SSSR count). The molecule has 0 aliphatic carbocycles. The number of carbonyl (C=O) groups is 2. The Hall–Kier alpha value is -3.68. The van der Waals surface area contributed by atoms with Gasteiger partial charge < -0.3 is 14.2 Å². The van der Waals surface area contributed by atoms with Crippen LogP contribution >= 0.6 is 0 Å². The molecule has 160 valence electrons. The average molecular weight is 420 g/mol. The van der Waals surface area contributed by atoms with Gasteiger partial charge in [0.1, 0.15) is 5.54 Å². The van der Waals surface area contributed by atoms with Crippen molar-refractivity contribution in [2.45, 2.75) is 19.4 Å². The van der Waals surface area contributed by atoms with Gasteiger partial charge in [-0.1, -0.05) is 30.3 Å². The Bertz CT molecular complexity index is 1130. The van der Waals surface area contributed by atoms with E-state index < -0.39 is 5.54 Å². The van der Waals surface area contributed by atoms with Crippen LogP contribution in [-0.2, 0) is 10.3 Å². The zero-order valence-corrected chi connectivity index (χ0v) is 17.5. The van der Waals surface area contributed by atoms with Crippen LogP contribution in [0.2, 0.25) is 0 Å². The van der Waals surface area contributed by atoms with Gasteiger partial charge in [-0.3, -0.25) is 14.4 Å². The van der Waals surface area contributed by atoms with Gasteiger partial charge in [0.05, 0.1) is 12.0 Å². The van der Waals surface area contributed by atoms with E-state index in [-0.39, 0.29) is 23.1 Å². The van der Waals surface area contributed by atoms with Crippen molar-refractivity contribution >= 4 is 11.8 Å². The lowest BCUT2D eigenvalue weighted by Crippen LogP contribution is -2.57. The van der Waals surface area contributed by atoms with E-state index in [1.165, 1.54) is 17.0 Å². The second-order valence-electron chi connectivity index (χ2n) is 7.96.